The third-order valence-electron chi connectivity index (χ3n) is 7.75. The summed E-state index contributed by atoms with van der Waals surface area (Å²) in [6.45, 7) is 3.48. The van der Waals surface area contributed by atoms with Gasteiger partial charge in [0.1, 0.15) is 5.54 Å². The molecule has 2 saturated heterocycles. The van der Waals surface area contributed by atoms with Crippen molar-refractivity contribution < 1.29 is 19.2 Å². The highest BCUT2D eigenvalue weighted by molar-refractivity contribution is 6.31. The second-order valence-corrected chi connectivity index (χ2v) is 10.4. The molecule has 0 radical (unpaired) electrons. The second kappa shape index (κ2) is 8.79. The van der Waals surface area contributed by atoms with E-state index < -0.39 is 29.3 Å². The topological polar surface area (TPSA) is 98.8 Å². The standard InChI is InChI=1S/C29H25ClN4O4/c1-16-24-25(27(37)34(26(24)36)20-13-11-19(12-14-20)31-17(2)35)29(32-16)21-8-4-6-10-23(21)33(28(29)38)15-18-7-3-5-9-22(18)30/h3-14,16,24-25,32H,15H2,1-2H3,(H,31,35)/t16-,24+,25-,29+/m0/s1. The molecule has 4 atom stereocenters. The van der Waals surface area contributed by atoms with E-state index in [0.717, 1.165) is 5.56 Å². The lowest BCUT2D eigenvalue weighted by Gasteiger charge is -2.30. The van der Waals surface area contributed by atoms with E-state index in [9.17, 15) is 19.2 Å². The Hall–Kier alpha value is -4.01. The number of nitrogens with one attached hydrogen (secondary N) is 2. The molecule has 2 N–H and O–H groups in total. The molecular weight excluding hydrogens is 504 g/mol. The van der Waals surface area contributed by atoms with Crippen LogP contribution in [0.15, 0.2) is 72.8 Å². The monoisotopic (exact) mass is 528 g/mol. The van der Waals surface area contributed by atoms with Gasteiger partial charge in [-0.2, -0.15) is 0 Å². The summed E-state index contributed by atoms with van der Waals surface area (Å²) in [5.41, 5.74) is 1.74. The van der Waals surface area contributed by atoms with Gasteiger partial charge in [-0.05, 0) is 48.9 Å². The number of para-hydroxylation sites is 1. The first-order valence-corrected chi connectivity index (χ1v) is 12.8. The van der Waals surface area contributed by atoms with Crippen LogP contribution < -0.4 is 20.4 Å². The number of carbonyl (C=O) groups excluding carboxylic acids is 4. The van der Waals surface area contributed by atoms with Crippen molar-refractivity contribution in [2.75, 3.05) is 15.1 Å². The van der Waals surface area contributed by atoms with E-state index in [1.54, 1.807) is 35.2 Å². The van der Waals surface area contributed by atoms with Crippen molar-refractivity contribution in [3.8, 4) is 0 Å². The Bertz CT molecular complexity index is 1510. The maximum absolute atomic E-state index is 14.3. The zero-order valence-electron chi connectivity index (χ0n) is 20.8. The predicted molar refractivity (Wildman–Crippen MR) is 144 cm³/mol. The maximum Gasteiger partial charge on any atom is 0.253 e. The van der Waals surface area contributed by atoms with E-state index in [1.807, 2.05) is 49.4 Å². The molecule has 4 amide bonds. The molecule has 0 unspecified atom stereocenters. The van der Waals surface area contributed by atoms with Gasteiger partial charge in [-0.15, -0.1) is 0 Å². The molecule has 9 heteroatoms. The first kappa shape index (κ1) is 24.3. The predicted octanol–water partition coefficient (Wildman–Crippen LogP) is 3.84. The molecule has 2 fully saturated rings. The number of hydrogen-bond acceptors (Lipinski definition) is 5. The highest BCUT2D eigenvalue weighted by atomic mass is 35.5. The number of benzene rings is 3. The Kier molecular flexibility index (Phi) is 5.63. The van der Waals surface area contributed by atoms with E-state index in [4.69, 9.17) is 11.6 Å². The lowest BCUT2D eigenvalue weighted by Crippen LogP contribution is -2.54. The van der Waals surface area contributed by atoms with Gasteiger partial charge in [-0.3, -0.25) is 24.5 Å². The fraction of sp³-hybridized carbons (Fsp3) is 0.241. The Labute approximate surface area is 224 Å². The van der Waals surface area contributed by atoms with E-state index in [-0.39, 0.29) is 24.3 Å². The lowest BCUT2D eigenvalue weighted by molar-refractivity contribution is -0.132. The zero-order valence-corrected chi connectivity index (χ0v) is 21.5. The Morgan fingerprint density at radius 3 is 2.37 bits per heavy atom. The summed E-state index contributed by atoms with van der Waals surface area (Å²) in [6, 6.07) is 20.9. The molecule has 192 valence electrons. The van der Waals surface area contributed by atoms with E-state index in [2.05, 4.69) is 10.6 Å². The summed E-state index contributed by atoms with van der Waals surface area (Å²) in [4.78, 5) is 56.3. The van der Waals surface area contributed by atoms with Crippen LogP contribution >= 0.6 is 11.6 Å². The van der Waals surface area contributed by atoms with Crippen molar-refractivity contribution >= 4 is 52.3 Å². The number of amides is 4. The maximum atomic E-state index is 14.3. The van der Waals surface area contributed by atoms with Crippen LogP contribution in [0.4, 0.5) is 17.1 Å². The molecular formula is C29H25ClN4O4. The van der Waals surface area contributed by atoms with Gasteiger partial charge in [0, 0.05) is 34.9 Å². The number of rotatable bonds is 4. The van der Waals surface area contributed by atoms with Gasteiger partial charge in [0.25, 0.3) is 5.91 Å². The first-order valence-electron chi connectivity index (χ1n) is 12.4. The van der Waals surface area contributed by atoms with Gasteiger partial charge in [0.15, 0.2) is 0 Å². The average Bonchev–Trinajstić information content (AvgIpc) is 3.44. The van der Waals surface area contributed by atoms with Crippen molar-refractivity contribution in [3.63, 3.8) is 0 Å². The number of carbonyl (C=O) groups is 4. The normalized spacial score (nSPS) is 25.8. The third kappa shape index (κ3) is 3.40. The van der Waals surface area contributed by atoms with Gasteiger partial charge in [-0.1, -0.05) is 48.0 Å². The third-order valence-corrected chi connectivity index (χ3v) is 8.11. The molecule has 3 aliphatic heterocycles. The highest BCUT2D eigenvalue weighted by Crippen LogP contribution is 2.55. The molecule has 3 heterocycles. The van der Waals surface area contributed by atoms with Crippen molar-refractivity contribution in [2.24, 2.45) is 11.8 Å². The molecule has 0 aromatic heterocycles. The minimum Gasteiger partial charge on any atom is -0.326 e. The van der Waals surface area contributed by atoms with Crippen molar-refractivity contribution in [1.29, 1.82) is 0 Å². The van der Waals surface area contributed by atoms with Crippen LogP contribution in [0.5, 0.6) is 0 Å². The molecule has 6 rings (SSSR count). The summed E-state index contributed by atoms with van der Waals surface area (Å²) in [6.07, 6.45) is 0. The first-order chi connectivity index (χ1) is 18.2. The molecule has 3 aromatic carbocycles. The Balaban J connectivity index is 1.41. The van der Waals surface area contributed by atoms with Crippen LogP contribution in [0.25, 0.3) is 0 Å². The number of anilines is 3. The average molecular weight is 529 g/mol. The number of imide groups is 1. The van der Waals surface area contributed by atoms with E-state index >= 15 is 0 Å². The summed E-state index contributed by atoms with van der Waals surface area (Å²) < 4.78 is 0. The van der Waals surface area contributed by atoms with Crippen LogP contribution in [0.3, 0.4) is 0 Å². The molecule has 0 bridgehead atoms. The van der Waals surface area contributed by atoms with Gasteiger partial charge in [-0.25, -0.2) is 4.90 Å². The highest BCUT2D eigenvalue weighted by Gasteiger charge is 2.71. The van der Waals surface area contributed by atoms with Crippen LogP contribution in [0.1, 0.15) is 25.0 Å². The number of nitrogens with zero attached hydrogens (tertiary/aromatic N) is 2. The summed E-state index contributed by atoms with van der Waals surface area (Å²) in [5, 5.41) is 6.62. The van der Waals surface area contributed by atoms with E-state index in [1.165, 1.54) is 11.8 Å². The summed E-state index contributed by atoms with van der Waals surface area (Å²) in [5.74, 6) is -2.89. The van der Waals surface area contributed by atoms with Crippen molar-refractivity contribution in [2.45, 2.75) is 32.0 Å². The van der Waals surface area contributed by atoms with Gasteiger partial charge in [0.2, 0.25) is 17.7 Å². The van der Waals surface area contributed by atoms with E-state index in [0.29, 0.717) is 27.6 Å². The van der Waals surface area contributed by atoms with Crippen molar-refractivity contribution in [3.05, 3.63) is 88.9 Å². The Morgan fingerprint density at radius 1 is 0.974 bits per heavy atom. The fourth-order valence-corrected chi connectivity index (χ4v) is 6.41. The molecule has 8 nitrogen and oxygen atoms in total. The number of halogens is 1. The minimum atomic E-state index is -1.38. The van der Waals surface area contributed by atoms with Gasteiger partial charge < -0.3 is 10.2 Å². The largest absolute Gasteiger partial charge is 0.326 e. The molecule has 0 saturated carbocycles. The molecule has 3 aliphatic rings. The minimum absolute atomic E-state index is 0.220. The smallest absolute Gasteiger partial charge is 0.253 e. The second-order valence-electron chi connectivity index (χ2n) is 9.98. The molecule has 1 spiro atoms. The zero-order chi connectivity index (χ0) is 26.8. The van der Waals surface area contributed by atoms with Crippen LogP contribution in [0.2, 0.25) is 5.02 Å². The van der Waals surface area contributed by atoms with Crippen molar-refractivity contribution in [1.82, 2.24) is 5.32 Å². The van der Waals surface area contributed by atoms with Gasteiger partial charge >= 0.3 is 0 Å². The Morgan fingerprint density at radius 2 is 1.66 bits per heavy atom. The van der Waals surface area contributed by atoms with Crippen LogP contribution in [0, 0.1) is 11.8 Å². The van der Waals surface area contributed by atoms with Crippen LogP contribution in [-0.4, -0.2) is 29.7 Å². The van der Waals surface area contributed by atoms with Gasteiger partial charge in [0.05, 0.1) is 24.1 Å². The molecule has 0 aliphatic carbocycles. The SMILES string of the molecule is CC(=O)Nc1ccc(N2C(=O)[C@@H]3[C@H](C)N[C@@]4(C(=O)N(Cc5ccccc5Cl)c5ccccc54)[C@@H]3C2=O)cc1. The fourth-order valence-electron chi connectivity index (χ4n) is 6.21. The van der Waals surface area contributed by atoms with Crippen LogP contribution in [-0.2, 0) is 31.3 Å². The lowest BCUT2D eigenvalue weighted by atomic mass is 9.76. The summed E-state index contributed by atoms with van der Waals surface area (Å²) in [7, 11) is 0. The molecule has 38 heavy (non-hydrogen) atoms. The quantitative estimate of drug-likeness (QED) is 0.501. The summed E-state index contributed by atoms with van der Waals surface area (Å²) >= 11 is 6.43. The molecule has 3 aromatic rings. The number of hydrogen-bond donors (Lipinski definition) is 2. The number of fused-ring (bicyclic) bond motifs is 4.